The molecule has 2 nitrogen and oxygen atoms in total. The fourth-order valence-corrected chi connectivity index (χ4v) is 3.88. The van der Waals surface area contributed by atoms with Gasteiger partial charge in [-0.15, -0.1) is 0 Å². The largest absolute Gasteiger partial charge is 0.366 e. The van der Waals surface area contributed by atoms with Crippen molar-refractivity contribution in [3.05, 3.63) is 63.7 Å². The highest BCUT2D eigenvalue weighted by Gasteiger charge is 2.11. The molecule has 26 heavy (non-hydrogen) atoms. The fourth-order valence-electron chi connectivity index (χ4n) is 3.88. The number of aryl methyl sites for hydroxylation is 4. The lowest BCUT2D eigenvalue weighted by molar-refractivity contribution is 0.515. The summed E-state index contributed by atoms with van der Waals surface area (Å²) in [6.07, 6.45) is 9.30. The SMILES string of the molecule is CCCN(C)/C=N\c1cc(C)c(Cc2ccc3c(c2)CCCC3)cc1C. The van der Waals surface area contributed by atoms with Crippen molar-refractivity contribution in [1.29, 1.82) is 0 Å². The number of aliphatic imine (C=N–C) groups is 1. The van der Waals surface area contributed by atoms with Gasteiger partial charge in [0.25, 0.3) is 0 Å². The van der Waals surface area contributed by atoms with E-state index < -0.39 is 0 Å². The van der Waals surface area contributed by atoms with Gasteiger partial charge in [0.1, 0.15) is 0 Å². The van der Waals surface area contributed by atoms with E-state index >= 15 is 0 Å². The van der Waals surface area contributed by atoms with Crippen molar-refractivity contribution in [2.24, 2.45) is 4.99 Å². The molecule has 0 saturated carbocycles. The zero-order valence-electron chi connectivity index (χ0n) is 16.8. The van der Waals surface area contributed by atoms with E-state index in [-0.39, 0.29) is 0 Å². The van der Waals surface area contributed by atoms with Crippen LogP contribution in [0.3, 0.4) is 0 Å². The Kier molecular flexibility index (Phi) is 6.13. The van der Waals surface area contributed by atoms with Crippen LogP contribution in [0, 0.1) is 13.8 Å². The first-order valence-corrected chi connectivity index (χ1v) is 10.0. The first kappa shape index (κ1) is 18.7. The summed E-state index contributed by atoms with van der Waals surface area (Å²) < 4.78 is 0. The minimum Gasteiger partial charge on any atom is -0.366 e. The van der Waals surface area contributed by atoms with Crippen LogP contribution in [-0.4, -0.2) is 24.8 Å². The summed E-state index contributed by atoms with van der Waals surface area (Å²) in [5, 5.41) is 0. The molecule has 0 fully saturated rings. The summed E-state index contributed by atoms with van der Waals surface area (Å²) in [5.74, 6) is 0. The highest BCUT2D eigenvalue weighted by atomic mass is 15.1. The summed E-state index contributed by atoms with van der Waals surface area (Å²) in [6, 6.07) is 11.7. The Balaban J connectivity index is 1.78. The molecule has 0 heterocycles. The Bertz CT molecular complexity index is 789. The molecule has 0 spiro atoms. The Morgan fingerprint density at radius 1 is 1.00 bits per heavy atom. The second-order valence-electron chi connectivity index (χ2n) is 7.78. The molecule has 1 aliphatic carbocycles. The average Bonchev–Trinajstić information content (AvgIpc) is 2.63. The maximum Gasteiger partial charge on any atom is 0.0909 e. The zero-order valence-corrected chi connectivity index (χ0v) is 16.8. The number of fused-ring (bicyclic) bond motifs is 1. The molecule has 2 heteroatoms. The first-order valence-electron chi connectivity index (χ1n) is 10.0. The molecular formula is C24H32N2. The third-order valence-electron chi connectivity index (χ3n) is 5.43. The molecule has 2 aromatic rings. The van der Waals surface area contributed by atoms with Crippen molar-refractivity contribution in [2.75, 3.05) is 13.6 Å². The molecule has 0 bridgehead atoms. The maximum absolute atomic E-state index is 4.69. The molecule has 3 rings (SSSR count). The molecule has 0 unspecified atom stereocenters. The lowest BCUT2D eigenvalue weighted by atomic mass is 9.88. The summed E-state index contributed by atoms with van der Waals surface area (Å²) >= 11 is 0. The van der Waals surface area contributed by atoms with Gasteiger partial charge in [0.2, 0.25) is 0 Å². The van der Waals surface area contributed by atoms with Crippen molar-refractivity contribution in [1.82, 2.24) is 4.90 Å². The van der Waals surface area contributed by atoms with Crippen LogP contribution in [0.25, 0.3) is 0 Å². The summed E-state index contributed by atoms with van der Waals surface area (Å²) in [5.41, 5.74) is 9.66. The fraction of sp³-hybridized carbons (Fsp3) is 0.458. The van der Waals surface area contributed by atoms with Crippen LogP contribution >= 0.6 is 0 Å². The molecule has 0 aromatic heterocycles. The standard InChI is InChI=1S/C24H32N2/c1-5-12-26(4)17-25-24-14-18(2)23(13-19(24)3)16-20-10-11-21-8-6-7-9-22(21)15-20/h10-11,13-15,17H,5-9,12,16H2,1-4H3/b25-17-. The molecule has 138 valence electrons. The lowest BCUT2D eigenvalue weighted by Gasteiger charge is -2.17. The number of hydrogen-bond donors (Lipinski definition) is 0. The quantitative estimate of drug-likeness (QED) is 0.477. The molecule has 0 aliphatic heterocycles. The van der Waals surface area contributed by atoms with Crippen LogP contribution in [0.4, 0.5) is 5.69 Å². The van der Waals surface area contributed by atoms with Crippen molar-refractivity contribution in [3.63, 3.8) is 0 Å². The predicted molar refractivity (Wildman–Crippen MR) is 113 cm³/mol. The average molecular weight is 349 g/mol. The molecule has 0 saturated heterocycles. The maximum atomic E-state index is 4.69. The van der Waals surface area contributed by atoms with Crippen molar-refractivity contribution in [2.45, 2.75) is 59.3 Å². The highest BCUT2D eigenvalue weighted by Crippen LogP contribution is 2.27. The predicted octanol–water partition coefficient (Wildman–Crippen LogP) is 5.77. The third-order valence-corrected chi connectivity index (χ3v) is 5.43. The van der Waals surface area contributed by atoms with Crippen molar-refractivity contribution in [3.8, 4) is 0 Å². The Morgan fingerprint density at radius 3 is 2.54 bits per heavy atom. The van der Waals surface area contributed by atoms with Gasteiger partial charge in [0.05, 0.1) is 12.0 Å². The van der Waals surface area contributed by atoms with Crippen LogP contribution in [0.2, 0.25) is 0 Å². The van der Waals surface area contributed by atoms with Crippen LogP contribution in [0.1, 0.15) is 59.6 Å². The van der Waals surface area contributed by atoms with Gasteiger partial charge in [-0.3, -0.25) is 0 Å². The third kappa shape index (κ3) is 4.55. The Morgan fingerprint density at radius 2 is 1.77 bits per heavy atom. The molecule has 0 amide bonds. The highest BCUT2D eigenvalue weighted by molar-refractivity contribution is 5.64. The minimum atomic E-state index is 1.01. The van der Waals surface area contributed by atoms with E-state index in [9.17, 15) is 0 Å². The Hall–Kier alpha value is -2.09. The first-order chi connectivity index (χ1) is 12.6. The van der Waals surface area contributed by atoms with E-state index in [1.807, 2.05) is 6.34 Å². The smallest absolute Gasteiger partial charge is 0.0909 e. The van der Waals surface area contributed by atoms with E-state index in [0.717, 1.165) is 25.1 Å². The van der Waals surface area contributed by atoms with E-state index in [1.54, 1.807) is 11.1 Å². The molecule has 2 aromatic carbocycles. The second kappa shape index (κ2) is 8.53. The van der Waals surface area contributed by atoms with Crippen molar-refractivity contribution >= 4 is 12.0 Å². The lowest BCUT2D eigenvalue weighted by Crippen LogP contribution is -2.16. The van der Waals surface area contributed by atoms with E-state index in [2.05, 4.69) is 63.1 Å². The molecule has 0 atom stereocenters. The Labute approximate surface area is 159 Å². The number of benzene rings is 2. The van der Waals surface area contributed by atoms with Gasteiger partial charge in [-0.2, -0.15) is 0 Å². The normalized spacial score (nSPS) is 13.8. The number of hydrogen-bond acceptors (Lipinski definition) is 1. The number of nitrogens with zero attached hydrogens (tertiary/aromatic N) is 2. The van der Waals surface area contributed by atoms with E-state index in [1.165, 1.54) is 47.9 Å². The van der Waals surface area contributed by atoms with Gasteiger partial charge in [0, 0.05) is 13.6 Å². The molecular weight excluding hydrogens is 316 g/mol. The molecule has 1 aliphatic rings. The monoisotopic (exact) mass is 348 g/mol. The van der Waals surface area contributed by atoms with Crippen LogP contribution in [0.15, 0.2) is 35.3 Å². The van der Waals surface area contributed by atoms with Crippen LogP contribution in [-0.2, 0) is 19.3 Å². The van der Waals surface area contributed by atoms with Gasteiger partial charge in [-0.25, -0.2) is 4.99 Å². The second-order valence-corrected chi connectivity index (χ2v) is 7.78. The molecule has 0 radical (unpaired) electrons. The van der Waals surface area contributed by atoms with Crippen molar-refractivity contribution < 1.29 is 0 Å². The van der Waals surface area contributed by atoms with Gasteiger partial charge in [-0.05, 0) is 91.8 Å². The van der Waals surface area contributed by atoms with Crippen LogP contribution < -0.4 is 0 Å². The van der Waals surface area contributed by atoms with Gasteiger partial charge < -0.3 is 4.90 Å². The molecule has 0 N–H and O–H groups in total. The topological polar surface area (TPSA) is 15.6 Å². The summed E-state index contributed by atoms with van der Waals surface area (Å²) in [6.45, 7) is 7.61. The van der Waals surface area contributed by atoms with Gasteiger partial charge in [-0.1, -0.05) is 31.2 Å². The van der Waals surface area contributed by atoms with Crippen LogP contribution in [0.5, 0.6) is 0 Å². The van der Waals surface area contributed by atoms with Gasteiger partial charge >= 0.3 is 0 Å². The number of rotatable bonds is 6. The summed E-state index contributed by atoms with van der Waals surface area (Å²) in [4.78, 5) is 6.84. The summed E-state index contributed by atoms with van der Waals surface area (Å²) in [7, 11) is 2.08. The zero-order chi connectivity index (χ0) is 18.5. The van der Waals surface area contributed by atoms with E-state index in [4.69, 9.17) is 4.99 Å². The minimum absolute atomic E-state index is 1.01. The van der Waals surface area contributed by atoms with E-state index in [0.29, 0.717) is 0 Å². The van der Waals surface area contributed by atoms with Gasteiger partial charge in [0.15, 0.2) is 0 Å².